The number of hydrogen-bond acceptors (Lipinski definition) is 3. The monoisotopic (exact) mass is 329 g/mol. The Labute approximate surface area is 142 Å². The molecular weight excluding hydrogens is 306 g/mol. The van der Waals surface area contributed by atoms with E-state index < -0.39 is 6.04 Å². The molecule has 1 aromatic rings. The predicted octanol–water partition coefficient (Wildman–Crippen LogP) is 2.14. The van der Waals surface area contributed by atoms with Crippen LogP contribution in [0.3, 0.4) is 0 Å². The molecule has 2 heterocycles. The summed E-state index contributed by atoms with van der Waals surface area (Å²) in [6.07, 6.45) is 0. The fourth-order valence-electron chi connectivity index (χ4n) is 3.28. The van der Waals surface area contributed by atoms with Gasteiger partial charge in [0.25, 0.3) is 5.91 Å². The maximum atomic E-state index is 12.9. The van der Waals surface area contributed by atoms with E-state index in [4.69, 9.17) is 4.74 Å². The van der Waals surface area contributed by atoms with Crippen LogP contribution in [0, 0.1) is 5.92 Å². The molecule has 0 saturated carbocycles. The van der Waals surface area contributed by atoms with Crippen LogP contribution in [0.15, 0.2) is 35.5 Å². The summed E-state index contributed by atoms with van der Waals surface area (Å²) in [4.78, 5) is 28.6. The fraction of sp³-hybridized carbons (Fsp3) is 0.444. The lowest BCUT2D eigenvalue weighted by molar-refractivity contribution is -0.126. The first-order valence-electron chi connectivity index (χ1n) is 8.13. The summed E-state index contributed by atoms with van der Waals surface area (Å²) in [7, 11) is 3.31. The first-order chi connectivity index (χ1) is 11.4. The van der Waals surface area contributed by atoms with Gasteiger partial charge in [-0.3, -0.25) is 9.69 Å². The third kappa shape index (κ3) is 2.72. The van der Waals surface area contributed by atoms with Gasteiger partial charge in [0.1, 0.15) is 5.75 Å². The lowest BCUT2D eigenvalue weighted by Crippen LogP contribution is -2.45. The second-order valence-electron chi connectivity index (χ2n) is 6.66. The highest BCUT2D eigenvalue weighted by atomic mass is 16.5. The van der Waals surface area contributed by atoms with Crippen molar-refractivity contribution in [3.63, 3.8) is 0 Å². The first-order valence-corrected chi connectivity index (χ1v) is 8.13. The Hall–Kier alpha value is -2.50. The average molecular weight is 329 g/mol. The van der Waals surface area contributed by atoms with Crippen molar-refractivity contribution in [3.05, 3.63) is 41.1 Å². The predicted molar refractivity (Wildman–Crippen MR) is 90.5 cm³/mol. The highest BCUT2D eigenvalue weighted by Gasteiger charge is 2.42. The van der Waals surface area contributed by atoms with E-state index in [2.05, 4.69) is 19.2 Å². The molecule has 0 bridgehead atoms. The van der Waals surface area contributed by atoms with E-state index in [1.54, 1.807) is 19.1 Å². The van der Waals surface area contributed by atoms with E-state index in [0.29, 0.717) is 30.3 Å². The Morgan fingerprint density at radius 2 is 2.08 bits per heavy atom. The highest BCUT2D eigenvalue weighted by molar-refractivity contribution is 6.01. The zero-order valence-electron chi connectivity index (χ0n) is 14.5. The Kier molecular flexibility index (Phi) is 4.22. The van der Waals surface area contributed by atoms with Gasteiger partial charge in [-0.05, 0) is 23.6 Å². The molecule has 24 heavy (non-hydrogen) atoms. The number of rotatable bonds is 4. The van der Waals surface area contributed by atoms with Crippen molar-refractivity contribution in [1.29, 1.82) is 0 Å². The number of carbonyl (C=O) groups excluding carboxylic acids is 2. The quantitative estimate of drug-likeness (QED) is 0.920. The zero-order chi connectivity index (χ0) is 17.4. The third-order valence-corrected chi connectivity index (χ3v) is 4.45. The van der Waals surface area contributed by atoms with Crippen molar-refractivity contribution in [3.8, 4) is 5.75 Å². The molecule has 0 aliphatic carbocycles. The van der Waals surface area contributed by atoms with Crippen LogP contribution in [0.5, 0.6) is 5.75 Å². The number of carbonyl (C=O) groups is 2. The van der Waals surface area contributed by atoms with Gasteiger partial charge in [0.15, 0.2) is 0 Å². The van der Waals surface area contributed by atoms with Crippen LogP contribution in [-0.4, -0.2) is 49.0 Å². The molecule has 6 heteroatoms. The molecule has 6 nitrogen and oxygen atoms in total. The molecule has 1 aromatic carbocycles. The fourth-order valence-corrected chi connectivity index (χ4v) is 3.28. The molecule has 2 aliphatic heterocycles. The number of methoxy groups -OCH3 is 1. The van der Waals surface area contributed by atoms with Crippen molar-refractivity contribution in [2.45, 2.75) is 19.9 Å². The number of nitrogens with one attached hydrogen (secondary N) is 1. The van der Waals surface area contributed by atoms with E-state index in [9.17, 15) is 9.59 Å². The van der Waals surface area contributed by atoms with Gasteiger partial charge in [-0.1, -0.05) is 26.0 Å². The summed E-state index contributed by atoms with van der Waals surface area (Å²) < 4.78 is 5.27. The Balaban J connectivity index is 2.00. The van der Waals surface area contributed by atoms with Crippen LogP contribution in [0.4, 0.5) is 4.79 Å². The van der Waals surface area contributed by atoms with Gasteiger partial charge in [0, 0.05) is 13.6 Å². The molecule has 1 N–H and O–H groups in total. The summed E-state index contributed by atoms with van der Waals surface area (Å²) in [5, 5.41) is 2.94. The molecule has 1 atom stereocenters. The van der Waals surface area contributed by atoms with Crippen LogP contribution >= 0.6 is 0 Å². The molecule has 128 valence electrons. The van der Waals surface area contributed by atoms with Crippen LogP contribution in [0.25, 0.3) is 0 Å². The summed E-state index contributed by atoms with van der Waals surface area (Å²) in [5.41, 5.74) is 2.30. The first kappa shape index (κ1) is 16.4. The minimum absolute atomic E-state index is 0.00151. The zero-order valence-corrected chi connectivity index (χ0v) is 14.5. The Morgan fingerprint density at radius 1 is 1.33 bits per heavy atom. The molecule has 0 saturated heterocycles. The van der Waals surface area contributed by atoms with Crippen molar-refractivity contribution in [2.24, 2.45) is 5.92 Å². The van der Waals surface area contributed by atoms with Crippen molar-refractivity contribution >= 4 is 11.9 Å². The van der Waals surface area contributed by atoms with Crippen LogP contribution in [-0.2, 0) is 4.79 Å². The molecule has 3 amide bonds. The molecule has 3 rings (SSSR count). The molecule has 0 spiro atoms. The molecule has 0 unspecified atom stereocenters. The average Bonchev–Trinajstić information content (AvgIpc) is 2.87. The molecule has 2 aliphatic rings. The SMILES string of the molecule is COc1cccc([C@H]2NC(=O)N(C)C3=C2C(=O)N(CC(C)C)C3)c1. The topological polar surface area (TPSA) is 61.9 Å². The number of nitrogens with zero attached hydrogens (tertiary/aromatic N) is 2. The van der Waals surface area contributed by atoms with E-state index in [-0.39, 0.29) is 11.9 Å². The number of benzene rings is 1. The van der Waals surface area contributed by atoms with Gasteiger partial charge >= 0.3 is 6.03 Å². The third-order valence-electron chi connectivity index (χ3n) is 4.45. The summed E-state index contributed by atoms with van der Waals surface area (Å²) in [5.74, 6) is 1.07. The second-order valence-corrected chi connectivity index (χ2v) is 6.66. The number of ether oxygens (including phenoxy) is 1. The molecule has 0 radical (unpaired) electrons. The van der Waals surface area contributed by atoms with Gasteiger partial charge in [-0.25, -0.2) is 4.79 Å². The number of hydrogen-bond donors (Lipinski definition) is 1. The van der Waals surface area contributed by atoms with Crippen LogP contribution < -0.4 is 10.1 Å². The van der Waals surface area contributed by atoms with E-state index in [1.165, 1.54) is 0 Å². The number of urea groups is 1. The van der Waals surface area contributed by atoms with E-state index >= 15 is 0 Å². The minimum Gasteiger partial charge on any atom is -0.497 e. The second kappa shape index (κ2) is 6.19. The maximum Gasteiger partial charge on any atom is 0.322 e. The smallest absolute Gasteiger partial charge is 0.322 e. The lowest BCUT2D eigenvalue weighted by atomic mass is 9.95. The van der Waals surface area contributed by atoms with Gasteiger partial charge < -0.3 is 15.0 Å². The molecular formula is C18H23N3O3. The summed E-state index contributed by atoms with van der Waals surface area (Å²) >= 11 is 0. The van der Waals surface area contributed by atoms with Gasteiger partial charge in [0.05, 0.1) is 31.0 Å². The summed E-state index contributed by atoms with van der Waals surface area (Å²) in [6.45, 7) is 5.32. The largest absolute Gasteiger partial charge is 0.497 e. The number of amides is 3. The van der Waals surface area contributed by atoms with Crippen LogP contribution in [0.1, 0.15) is 25.5 Å². The standard InChI is InChI=1S/C18H23N3O3/c1-11(2)9-21-10-14-15(17(21)22)16(19-18(23)20(14)3)12-6-5-7-13(8-12)24-4/h5-8,11,16H,9-10H2,1-4H3,(H,19,23)/t16-/m1/s1. The lowest BCUT2D eigenvalue weighted by Gasteiger charge is -2.31. The van der Waals surface area contributed by atoms with Crippen molar-refractivity contribution < 1.29 is 14.3 Å². The normalized spacial score (nSPS) is 20.6. The Morgan fingerprint density at radius 3 is 2.75 bits per heavy atom. The highest BCUT2D eigenvalue weighted by Crippen LogP contribution is 2.36. The maximum absolute atomic E-state index is 12.9. The van der Waals surface area contributed by atoms with E-state index in [0.717, 1.165) is 11.3 Å². The molecule has 0 aromatic heterocycles. The summed E-state index contributed by atoms with van der Waals surface area (Å²) in [6, 6.07) is 6.84. The van der Waals surface area contributed by atoms with Gasteiger partial charge in [0.2, 0.25) is 0 Å². The van der Waals surface area contributed by atoms with Gasteiger partial charge in [-0.2, -0.15) is 0 Å². The molecule has 0 fully saturated rings. The van der Waals surface area contributed by atoms with Crippen molar-refractivity contribution in [2.75, 3.05) is 27.2 Å². The van der Waals surface area contributed by atoms with E-state index in [1.807, 2.05) is 29.2 Å². The Bertz CT molecular complexity index is 711. The van der Waals surface area contributed by atoms with Crippen LogP contribution in [0.2, 0.25) is 0 Å². The van der Waals surface area contributed by atoms with Crippen molar-refractivity contribution in [1.82, 2.24) is 15.1 Å². The number of likely N-dealkylation sites (N-methyl/N-ethyl adjacent to an activating group) is 1. The van der Waals surface area contributed by atoms with Gasteiger partial charge in [-0.15, -0.1) is 0 Å². The minimum atomic E-state index is -0.441.